The molecule has 3 nitrogen and oxygen atoms in total. The second-order valence-electron chi connectivity index (χ2n) is 4.02. The molecule has 0 aliphatic rings. The summed E-state index contributed by atoms with van der Waals surface area (Å²) in [6.45, 7) is 4.08. The molecule has 1 rings (SSSR count). The van der Waals surface area contributed by atoms with Crippen LogP contribution in [0.5, 0.6) is 0 Å². The quantitative estimate of drug-likeness (QED) is 0.804. The number of rotatable bonds is 6. The predicted molar refractivity (Wildman–Crippen MR) is 62.4 cm³/mol. The van der Waals surface area contributed by atoms with Gasteiger partial charge >= 0.3 is 5.38 Å². The first-order valence-electron chi connectivity index (χ1n) is 5.67. The van der Waals surface area contributed by atoms with E-state index in [2.05, 4.69) is 5.10 Å². The summed E-state index contributed by atoms with van der Waals surface area (Å²) in [5, 5.41) is 9.73. The van der Waals surface area contributed by atoms with Gasteiger partial charge in [-0.05, 0) is 30.5 Å². The molecule has 1 atom stereocenters. The molecule has 0 aromatic carbocycles. The van der Waals surface area contributed by atoms with Crippen molar-refractivity contribution in [1.82, 2.24) is 9.78 Å². The van der Waals surface area contributed by atoms with Crippen LogP contribution in [0.4, 0.5) is 8.78 Å². The van der Waals surface area contributed by atoms with E-state index in [1.807, 2.05) is 13.8 Å². The maximum absolute atomic E-state index is 12.6. The minimum absolute atomic E-state index is 0.246. The number of hydrogen-bond acceptors (Lipinski definition) is 2. The average Bonchev–Trinajstić information content (AvgIpc) is 2.67. The van der Waals surface area contributed by atoms with E-state index in [-0.39, 0.29) is 12.5 Å². The summed E-state index contributed by atoms with van der Waals surface area (Å²) in [6, 6.07) is 1.89. The minimum Gasteiger partial charge on any atom is -0.385 e. The van der Waals surface area contributed by atoms with Crippen LogP contribution in [0.15, 0.2) is 12.3 Å². The molecule has 1 aromatic rings. The van der Waals surface area contributed by atoms with Gasteiger partial charge in [0, 0.05) is 12.6 Å². The molecule has 1 unspecified atom stereocenters. The van der Waals surface area contributed by atoms with Crippen LogP contribution in [0.3, 0.4) is 0 Å². The Labute approximate surface area is 104 Å². The lowest BCUT2D eigenvalue weighted by Crippen LogP contribution is -2.29. The van der Waals surface area contributed by atoms with Crippen LogP contribution in [-0.4, -0.2) is 26.4 Å². The molecule has 0 fully saturated rings. The smallest absolute Gasteiger partial charge is 0.347 e. The highest BCUT2D eigenvalue weighted by atomic mass is 35.5. The minimum atomic E-state index is -3.61. The van der Waals surface area contributed by atoms with E-state index < -0.39 is 11.5 Å². The van der Waals surface area contributed by atoms with Crippen molar-refractivity contribution in [3.05, 3.63) is 18.0 Å². The monoisotopic (exact) mass is 266 g/mol. The van der Waals surface area contributed by atoms with E-state index in [1.165, 1.54) is 0 Å². The first-order valence-corrected chi connectivity index (χ1v) is 6.05. The largest absolute Gasteiger partial charge is 0.385 e. The Morgan fingerprint density at radius 1 is 1.47 bits per heavy atom. The van der Waals surface area contributed by atoms with Crippen molar-refractivity contribution >= 4 is 11.6 Å². The number of aromatic nitrogens is 2. The lowest BCUT2D eigenvalue weighted by Gasteiger charge is -2.15. The van der Waals surface area contributed by atoms with E-state index in [0.717, 1.165) is 12.8 Å². The maximum atomic E-state index is 12.6. The Balaban J connectivity index is 2.69. The van der Waals surface area contributed by atoms with Gasteiger partial charge in [0.2, 0.25) is 0 Å². The van der Waals surface area contributed by atoms with Crippen LogP contribution in [0.25, 0.3) is 0 Å². The number of halogens is 3. The van der Waals surface area contributed by atoms with E-state index in [4.69, 9.17) is 11.6 Å². The zero-order valence-electron chi connectivity index (χ0n) is 9.91. The van der Waals surface area contributed by atoms with Gasteiger partial charge in [-0.1, -0.05) is 13.8 Å². The van der Waals surface area contributed by atoms with Gasteiger partial charge in [0.15, 0.2) is 0 Å². The lowest BCUT2D eigenvalue weighted by atomic mass is 10.2. The zero-order valence-corrected chi connectivity index (χ0v) is 10.7. The van der Waals surface area contributed by atoms with Gasteiger partial charge in [-0.15, -0.1) is 0 Å². The van der Waals surface area contributed by atoms with E-state index in [9.17, 15) is 13.9 Å². The first-order chi connectivity index (χ1) is 7.88. The summed E-state index contributed by atoms with van der Waals surface area (Å²) in [7, 11) is 0. The van der Waals surface area contributed by atoms with Gasteiger partial charge in [0.25, 0.3) is 0 Å². The third kappa shape index (κ3) is 3.92. The molecule has 0 aliphatic carbocycles. The van der Waals surface area contributed by atoms with E-state index >= 15 is 0 Å². The summed E-state index contributed by atoms with van der Waals surface area (Å²) in [5.74, 6) is 0. The van der Waals surface area contributed by atoms with Crippen molar-refractivity contribution in [1.29, 1.82) is 0 Å². The van der Waals surface area contributed by atoms with Crippen LogP contribution in [0, 0.1) is 0 Å². The molecule has 0 saturated carbocycles. The van der Waals surface area contributed by atoms with Crippen LogP contribution < -0.4 is 0 Å². The van der Waals surface area contributed by atoms with Crippen molar-refractivity contribution in [3.63, 3.8) is 0 Å². The second kappa shape index (κ2) is 5.78. The fourth-order valence-electron chi connectivity index (χ4n) is 1.67. The Bertz CT molecular complexity index is 347. The van der Waals surface area contributed by atoms with Gasteiger partial charge < -0.3 is 5.11 Å². The van der Waals surface area contributed by atoms with Crippen LogP contribution in [0.2, 0.25) is 0 Å². The fraction of sp³-hybridized carbons (Fsp3) is 0.727. The van der Waals surface area contributed by atoms with Gasteiger partial charge in [0.05, 0.1) is 11.7 Å². The zero-order chi connectivity index (χ0) is 13.1. The molecule has 0 spiro atoms. The predicted octanol–water partition coefficient (Wildman–Crippen LogP) is 2.98. The highest BCUT2D eigenvalue weighted by Gasteiger charge is 2.36. The summed E-state index contributed by atoms with van der Waals surface area (Å²) in [5.41, 5.74) is 0.421. The molecule has 17 heavy (non-hydrogen) atoms. The van der Waals surface area contributed by atoms with Crippen LogP contribution >= 0.6 is 11.6 Å². The van der Waals surface area contributed by atoms with Gasteiger partial charge in [0.1, 0.15) is 6.10 Å². The van der Waals surface area contributed by atoms with Gasteiger partial charge in [-0.25, -0.2) is 0 Å². The number of aliphatic hydroxyl groups is 1. The number of alkyl halides is 3. The molecule has 6 heteroatoms. The number of aliphatic hydroxyl groups excluding tert-OH is 1. The van der Waals surface area contributed by atoms with Crippen molar-refractivity contribution < 1.29 is 13.9 Å². The lowest BCUT2D eigenvalue weighted by molar-refractivity contribution is -0.0402. The van der Waals surface area contributed by atoms with Crippen LogP contribution in [0.1, 0.15) is 38.4 Å². The first kappa shape index (κ1) is 14.4. The van der Waals surface area contributed by atoms with E-state index in [1.54, 1.807) is 16.9 Å². The Hall–Kier alpha value is -0.680. The van der Waals surface area contributed by atoms with Crippen molar-refractivity contribution in [2.75, 3.05) is 0 Å². The molecule has 1 heterocycles. The Morgan fingerprint density at radius 2 is 2.06 bits per heavy atom. The average molecular weight is 267 g/mol. The number of nitrogens with zero attached hydrogens (tertiary/aromatic N) is 2. The topological polar surface area (TPSA) is 38.0 Å². The highest BCUT2D eigenvalue weighted by Crippen LogP contribution is 2.26. The SMILES string of the molecule is CCC(CC)n1ccc(CC(O)C(F)(F)Cl)n1. The molecule has 0 aliphatic heterocycles. The molecule has 1 N–H and O–H groups in total. The third-order valence-electron chi connectivity index (χ3n) is 2.76. The summed E-state index contributed by atoms with van der Waals surface area (Å²) in [6.07, 6.45) is 1.43. The standard InChI is InChI=1S/C11H17ClF2N2O/c1-3-9(4-2)16-6-5-8(15-16)7-10(17)11(12,13)14/h5-6,9-10,17H,3-4,7H2,1-2H3. The van der Waals surface area contributed by atoms with Crippen molar-refractivity contribution in [2.45, 2.75) is 50.6 Å². The number of hydrogen-bond donors (Lipinski definition) is 1. The fourth-order valence-corrected chi connectivity index (χ4v) is 1.74. The molecule has 0 bridgehead atoms. The van der Waals surface area contributed by atoms with Crippen LogP contribution in [-0.2, 0) is 6.42 Å². The summed E-state index contributed by atoms with van der Waals surface area (Å²) < 4.78 is 26.9. The maximum Gasteiger partial charge on any atom is 0.347 e. The molecular formula is C11H17ClF2N2O. The Morgan fingerprint density at radius 3 is 2.53 bits per heavy atom. The van der Waals surface area contributed by atoms with E-state index in [0.29, 0.717) is 5.69 Å². The molecule has 1 aromatic heterocycles. The molecule has 0 saturated heterocycles. The van der Waals surface area contributed by atoms with Crippen molar-refractivity contribution in [3.8, 4) is 0 Å². The summed E-state index contributed by atoms with van der Waals surface area (Å²) >= 11 is 4.74. The Kier molecular flexibility index (Phi) is 4.89. The second-order valence-corrected chi connectivity index (χ2v) is 4.52. The molecular weight excluding hydrogens is 250 g/mol. The van der Waals surface area contributed by atoms with Gasteiger partial charge in [-0.3, -0.25) is 4.68 Å². The summed E-state index contributed by atoms with van der Waals surface area (Å²) in [4.78, 5) is 0. The van der Waals surface area contributed by atoms with Crippen molar-refractivity contribution in [2.24, 2.45) is 0 Å². The highest BCUT2D eigenvalue weighted by molar-refractivity contribution is 6.22. The molecule has 0 amide bonds. The van der Waals surface area contributed by atoms with Gasteiger partial charge in [-0.2, -0.15) is 13.9 Å². The molecule has 0 radical (unpaired) electrons. The third-order valence-corrected chi connectivity index (χ3v) is 3.01. The normalized spacial score (nSPS) is 14.3. The molecule has 98 valence electrons.